The van der Waals surface area contributed by atoms with Gasteiger partial charge in [0.2, 0.25) is 5.91 Å². The van der Waals surface area contributed by atoms with Crippen LogP contribution in [0.1, 0.15) is 28.5 Å². The van der Waals surface area contributed by atoms with Crippen LogP contribution in [0, 0.1) is 0 Å². The monoisotopic (exact) mass is 424 g/mol. The first kappa shape index (κ1) is 21.1. The van der Waals surface area contributed by atoms with Crippen molar-refractivity contribution in [2.24, 2.45) is 0 Å². The van der Waals surface area contributed by atoms with Crippen molar-refractivity contribution in [3.8, 4) is 16.9 Å². The standard InChI is InChI=1S/C26H24N4O2/c1-19(31)27-17-20-9-8-10-21(15-20)18-28-26(32)24-16-25(22-11-4-2-5-12-22)30(29-24)23-13-6-3-7-14-23/h2-16H,17-18H2,1H3,(H,27,31)(H,28,32). The van der Waals surface area contributed by atoms with Gasteiger partial charge in [0.1, 0.15) is 0 Å². The van der Waals surface area contributed by atoms with Crippen LogP contribution in [-0.2, 0) is 17.9 Å². The average molecular weight is 425 g/mol. The number of rotatable bonds is 7. The van der Waals surface area contributed by atoms with E-state index >= 15 is 0 Å². The smallest absolute Gasteiger partial charge is 0.272 e. The lowest BCUT2D eigenvalue weighted by Crippen LogP contribution is -2.23. The quantitative estimate of drug-likeness (QED) is 0.469. The molecule has 0 saturated heterocycles. The van der Waals surface area contributed by atoms with E-state index in [1.807, 2.05) is 91.0 Å². The van der Waals surface area contributed by atoms with E-state index in [2.05, 4.69) is 15.7 Å². The second kappa shape index (κ2) is 9.75. The highest BCUT2D eigenvalue weighted by Crippen LogP contribution is 2.24. The lowest BCUT2D eigenvalue weighted by atomic mass is 10.1. The molecule has 4 aromatic rings. The Balaban J connectivity index is 1.54. The van der Waals surface area contributed by atoms with E-state index in [-0.39, 0.29) is 11.8 Å². The molecule has 32 heavy (non-hydrogen) atoms. The third-order valence-corrected chi connectivity index (χ3v) is 5.00. The normalized spacial score (nSPS) is 10.5. The fourth-order valence-corrected chi connectivity index (χ4v) is 3.42. The molecule has 6 nitrogen and oxygen atoms in total. The Morgan fingerprint density at radius 2 is 1.41 bits per heavy atom. The number of nitrogens with zero attached hydrogens (tertiary/aromatic N) is 2. The van der Waals surface area contributed by atoms with Gasteiger partial charge in [-0.25, -0.2) is 4.68 Å². The van der Waals surface area contributed by atoms with Crippen LogP contribution in [-0.4, -0.2) is 21.6 Å². The molecule has 0 saturated carbocycles. The van der Waals surface area contributed by atoms with Crippen LogP contribution in [0.4, 0.5) is 0 Å². The van der Waals surface area contributed by atoms with E-state index < -0.39 is 0 Å². The van der Waals surface area contributed by atoms with Gasteiger partial charge in [-0.1, -0.05) is 72.8 Å². The molecule has 0 spiro atoms. The first-order chi connectivity index (χ1) is 15.6. The number of hydrogen-bond donors (Lipinski definition) is 2. The summed E-state index contributed by atoms with van der Waals surface area (Å²) in [7, 11) is 0. The highest BCUT2D eigenvalue weighted by Gasteiger charge is 2.16. The first-order valence-corrected chi connectivity index (χ1v) is 10.4. The van der Waals surface area contributed by atoms with Crippen molar-refractivity contribution in [3.63, 3.8) is 0 Å². The summed E-state index contributed by atoms with van der Waals surface area (Å²) in [4.78, 5) is 24.0. The number of aromatic nitrogens is 2. The molecule has 0 aliphatic carbocycles. The van der Waals surface area contributed by atoms with Gasteiger partial charge in [-0.3, -0.25) is 9.59 Å². The SMILES string of the molecule is CC(=O)NCc1cccc(CNC(=O)c2cc(-c3ccccc3)n(-c3ccccc3)n2)c1. The van der Waals surface area contributed by atoms with Gasteiger partial charge >= 0.3 is 0 Å². The van der Waals surface area contributed by atoms with Crippen LogP contribution >= 0.6 is 0 Å². The lowest BCUT2D eigenvalue weighted by Gasteiger charge is -2.07. The van der Waals surface area contributed by atoms with Crippen molar-refractivity contribution in [3.05, 3.63) is 108 Å². The lowest BCUT2D eigenvalue weighted by molar-refractivity contribution is -0.119. The molecule has 0 bridgehead atoms. The minimum atomic E-state index is -0.246. The maximum Gasteiger partial charge on any atom is 0.272 e. The molecular formula is C26H24N4O2. The zero-order valence-electron chi connectivity index (χ0n) is 17.8. The van der Waals surface area contributed by atoms with E-state index in [0.29, 0.717) is 18.8 Å². The van der Waals surface area contributed by atoms with Gasteiger partial charge in [-0.05, 0) is 29.3 Å². The summed E-state index contributed by atoms with van der Waals surface area (Å²) in [6, 6.07) is 29.2. The van der Waals surface area contributed by atoms with Crippen molar-refractivity contribution in [2.75, 3.05) is 0 Å². The minimum Gasteiger partial charge on any atom is -0.352 e. The summed E-state index contributed by atoms with van der Waals surface area (Å²) >= 11 is 0. The van der Waals surface area contributed by atoms with Crippen molar-refractivity contribution < 1.29 is 9.59 Å². The van der Waals surface area contributed by atoms with Gasteiger partial charge in [0, 0.05) is 25.6 Å². The molecule has 6 heteroatoms. The van der Waals surface area contributed by atoms with E-state index in [0.717, 1.165) is 28.1 Å². The van der Waals surface area contributed by atoms with Crippen LogP contribution in [0.25, 0.3) is 16.9 Å². The molecule has 4 rings (SSSR count). The number of carbonyl (C=O) groups excluding carboxylic acids is 2. The summed E-state index contributed by atoms with van der Waals surface area (Å²) in [5.74, 6) is -0.323. The minimum absolute atomic E-state index is 0.0769. The molecule has 0 aliphatic rings. The number of amides is 2. The summed E-state index contributed by atoms with van der Waals surface area (Å²) < 4.78 is 1.79. The van der Waals surface area contributed by atoms with Crippen LogP contribution in [0.3, 0.4) is 0 Å². The Kier molecular flexibility index (Phi) is 6.41. The van der Waals surface area contributed by atoms with Crippen molar-refractivity contribution in [1.29, 1.82) is 0 Å². The zero-order chi connectivity index (χ0) is 22.3. The van der Waals surface area contributed by atoms with Crippen LogP contribution < -0.4 is 10.6 Å². The molecule has 0 atom stereocenters. The molecule has 2 N–H and O–H groups in total. The van der Waals surface area contributed by atoms with Gasteiger partial charge in [-0.15, -0.1) is 0 Å². The predicted octanol–water partition coefficient (Wildman–Crippen LogP) is 4.11. The Hall–Kier alpha value is -4.19. The van der Waals surface area contributed by atoms with E-state index in [9.17, 15) is 9.59 Å². The Bertz CT molecular complexity index is 1160. The largest absolute Gasteiger partial charge is 0.352 e. The van der Waals surface area contributed by atoms with Crippen LogP contribution in [0.2, 0.25) is 0 Å². The molecule has 2 amide bonds. The highest BCUT2D eigenvalue weighted by molar-refractivity contribution is 5.93. The fourth-order valence-electron chi connectivity index (χ4n) is 3.42. The molecule has 160 valence electrons. The van der Waals surface area contributed by atoms with Crippen LogP contribution in [0.15, 0.2) is 91.0 Å². The van der Waals surface area contributed by atoms with Crippen LogP contribution in [0.5, 0.6) is 0 Å². The van der Waals surface area contributed by atoms with Crippen molar-refractivity contribution in [2.45, 2.75) is 20.0 Å². The third-order valence-electron chi connectivity index (χ3n) is 5.00. The van der Waals surface area contributed by atoms with Gasteiger partial charge in [0.15, 0.2) is 5.69 Å². The van der Waals surface area contributed by atoms with Gasteiger partial charge in [-0.2, -0.15) is 5.10 Å². The topological polar surface area (TPSA) is 76.0 Å². The Morgan fingerprint density at radius 3 is 2.06 bits per heavy atom. The van der Waals surface area contributed by atoms with Crippen molar-refractivity contribution in [1.82, 2.24) is 20.4 Å². The molecule has 1 aromatic heterocycles. The number of benzene rings is 3. The number of carbonyl (C=O) groups is 2. The molecule has 3 aromatic carbocycles. The summed E-state index contributed by atoms with van der Waals surface area (Å²) in [6.45, 7) is 2.31. The third kappa shape index (κ3) is 5.10. The summed E-state index contributed by atoms with van der Waals surface area (Å²) in [5, 5.41) is 10.3. The molecule has 0 radical (unpaired) electrons. The van der Waals surface area contributed by atoms with E-state index in [1.54, 1.807) is 4.68 Å². The average Bonchev–Trinajstić information content (AvgIpc) is 3.28. The maximum absolute atomic E-state index is 12.9. The van der Waals surface area contributed by atoms with E-state index in [4.69, 9.17) is 0 Å². The summed E-state index contributed by atoms with van der Waals surface area (Å²) in [6.07, 6.45) is 0. The molecule has 0 aliphatic heterocycles. The van der Waals surface area contributed by atoms with E-state index in [1.165, 1.54) is 6.92 Å². The highest BCUT2D eigenvalue weighted by atomic mass is 16.2. The first-order valence-electron chi connectivity index (χ1n) is 10.4. The number of nitrogens with one attached hydrogen (secondary N) is 2. The fraction of sp³-hybridized carbons (Fsp3) is 0.115. The predicted molar refractivity (Wildman–Crippen MR) is 124 cm³/mol. The summed E-state index contributed by atoms with van der Waals surface area (Å²) in [5.41, 5.74) is 4.99. The molecular weight excluding hydrogens is 400 g/mol. The number of para-hydroxylation sites is 1. The van der Waals surface area contributed by atoms with Gasteiger partial charge in [0.05, 0.1) is 11.4 Å². The Labute approximate surface area is 186 Å². The van der Waals surface area contributed by atoms with Gasteiger partial charge < -0.3 is 10.6 Å². The second-order valence-electron chi connectivity index (χ2n) is 7.44. The molecule has 0 fully saturated rings. The zero-order valence-corrected chi connectivity index (χ0v) is 17.8. The Morgan fingerprint density at radius 1 is 0.781 bits per heavy atom. The second-order valence-corrected chi connectivity index (χ2v) is 7.44. The number of hydrogen-bond acceptors (Lipinski definition) is 3. The molecule has 0 unspecified atom stereocenters. The molecule has 1 heterocycles. The van der Waals surface area contributed by atoms with Gasteiger partial charge in [0.25, 0.3) is 5.91 Å². The maximum atomic E-state index is 12.9. The van der Waals surface area contributed by atoms with Crippen molar-refractivity contribution >= 4 is 11.8 Å².